The van der Waals surface area contributed by atoms with E-state index in [0.29, 0.717) is 0 Å². The summed E-state index contributed by atoms with van der Waals surface area (Å²) in [5, 5.41) is 0. The van der Waals surface area contributed by atoms with E-state index in [1.165, 1.54) is 0 Å². The Bertz CT molecular complexity index is 491. The van der Waals surface area contributed by atoms with Gasteiger partial charge in [-0.05, 0) is 17.7 Å². The van der Waals surface area contributed by atoms with E-state index in [9.17, 15) is 0 Å². The molecule has 0 atom stereocenters. The summed E-state index contributed by atoms with van der Waals surface area (Å²) in [4.78, 5) is 4.09. The predicted molar refractivity (Wildman–Crippen MR) is 65.4 cm³/mol. The van der Waals surface area contributed by atoms with Crippen LogP contribution in [0.1, 0.15) is 11.1 Å². The maximum absolute atomic E-state index is 5.31. The number of rotatable bonds is 3. The van der Waals surface area contributed by atoms with E-state index < -0.39 is 0 Å². The quantitative estimate of drug-likeness (QED) is 0.778. The molecule has 0 aliphatic rings. The summed E-state index contributed by atoms with van der Waals surface area (Å²) in [5.41, 5.74) is 2.93. The van der Waals surface area contributed by atoms with Gasteiger partial charge in [0.05, 0.1) is 7.11 Å². The molecule has 16 heavy (non-hydrogen) atoms. The van der Waals surface area contributed by atoms with Crippen LogP contribution in [-0.2, 0) is 0 Å². The molecule has 2 aromatic rings. The van der Waals surface area contributed by atoms with Gasteiger partial charge in [0.1, 0.15) is 5.75 Å². The summed E-state index contributed by atoms with van der Waals surface area (Å²) in [7, 11) is 1.66. The normalized spacial score (nSPS) is 9.81. The third-order valence-electron chi connectivity index (χ3n) is 2.44. The Morgan fingerprint density at radius 2 is 2.00 bits per heavy atom. The molecule has 0 unspecified atom stereocenters. The molecule has 1 aromatic heterocycles. The third-order valence-corrected chi connectivity index (χ3v) is 2.44. The van der Waals surface area contributed by atoms with Gasteiger partial charge < -0.3 is 4.74 Å². The number of hydrogen-bond donors (Lipinski definition) is 0. The van der Waals surface area contributed by atoms with E-state index in [2.05, 4.69) is 11.6 Å². The molecule has 0 fully saturated rings. The van der Waals surface area contributed by atoms with Crippen LogP contribution < -0.4 is 4.74 Å². The standard InChI is InChI=1S/C14H13NO/c1-11(12-6-5-9-15-10-12)13-7-3-4-8-14(13)16-2/h3-10H,1H2,2H3. The van der Waals surface area contributed by atoms with Crippen molar-refractivity contribution in [1.82, 2.24) is 4.98 Å². The molecule has 2 nitrogen and oxygen atoms in total. The zero-order valence-electron chi connectivity index (χ0n) is 9.18. The van der Waals surface area contributed by atoms with Gasteiger partial charge >= 0.3 is 0 Å². The van der Waals surface area contributed by atoms with Crippen LogP contribution in [0.15, 0.2) is 55.4 Å². The van der Waals surface area contributed by atoms with Crippen LogP contribution in [0.2, 0.25) is 0 Å². The molecule has 0 saturated carbocycles. The van der Waals surface area contributed by atoms with Crippen LogP contribution in [0, 0.1) is 0 Å². The van der Waals surface area contributed by atoms with Crippen LogP contribution >= 0.6 is 0 Å². The molecule has 1 aromatic carbocycles. The Kier molecular flexibility index (Phi) is 3.01. The molecule has 80 valence electrons. The second-order valence-electron chi connectivity index (χ2n) is 3.42. The first kappa shape index (κ1) is 10.4. The molecular weight excluding hydrogens is 198 g/mol. The zero-order chi connectivity index (χ0) is 11.4. The van der Waals surface area contributed by atoms with Crippen molar-refractivity contribution in [3.8, 4) is 5.75 Å². The Balaban J connectivity index is 2.42. The maximum atomic E-state index is 5.31. The van der Waals surface area contributed by atoms with Crippen molar-refractivity contribution in [3.05, 3.63) is 66.5 Å². The lowest BCUT2D eigenvalue weighted by atomic mass is 10.0. The fourth-order valence-electron chi connectivity index (χ4n) is 1.59. The lowest BCUT2D eigenvalue weighted by Gasteiger charge is -2.10. The van der Waals surface area contributed by atoms with E-state index >= 15 is 0 Å². The summed E-state index contributed by atoms with van der Waals surface area (Å²) in [5.74, 6) is 0.830. The molecule has 1 heterocycles. The maximum Gasteiger partial charge on any atom is 0.126 e. The number of nitrogens with zero attached hydrogens (tertiary/aromatic N) is 1. The Labute approximate surface area is 95.2 Å². The predicted octanol–water partition coefficient (Wildman–Crippen LogP) is 3.15. The fourth-order valence-corrected chi connectivity index (χ4v) is 1.59. The minimum Gasteiger partial charge on any atom is -0.496 e. The van der Waals surface area contributed by atoms with E-state index in [1.807, 2.05) is 36.4 Å². The smallest absolute Gasteiger partial charge is 0.126 e. The average molecular weight is 211 g/mol. The number of aromatic nitrogens is 1. The molecule has 0 aliphatic heterocycles. The molecular formula is C14H13NO. The topological polar surface area (TPSA) is 22.1 Å². The lowest BCUT2D eigenvalue weighted by Crippen LogP contribution is -1.92. The highest BCUT2D eigenvalue weighted by atomic mass is 16.5. The molecule has 0 radical (unpaired) electrons. The van der Waals surface area contributed by atoms with Gasteiger partial charge in [-0.3, -0.25) is 4.98 Å². The van der Waals surface area contributed by atoms with Crippen LogP contribution in [0.5, 0.6) is 5.75 Å². The summed E-state index contributed by atoms with van der Waals surface area (Å²) in [6.07, 6.45) is 3.55. The van der Waals surface area contributed by atoms with Crippen molar-refractivity contribution in [2.75, 3.05) is 7.11 Å². The molecule has 0 N–H and O–H groups in total. The minimum atomic E-state index is 0.830. The van der Waals surface area contributed by atoms with Crippen LogP contribution in [0.4, 0.5) is 0 Å². The van der Waals surface area contributed by atoms with Gasteiger partial charge in [0.15, 0.2) is 0 Å². The third kappa shape index (κ3) is 1.96. The Morgan fingerprint density at radius 1 is 1.19 bits per heavy atom. The van der Waals surface area contributed by atoms with Crippen molar-refractivity contribution in [2.24, 2.45) is 0 Å². The monoisotopic (exact) mass is 211 g/mol. The van der Waals surface area contributed by atoms with Gasteiger partial charge in [0.25, 0.3) is 0 Å². The van der Waals surface area contributed by atoms with Gasteiger partial charge in [-0.1, -0.05) is 30.8 Å². The second-order valence-corrected chi connectivity index (χ2v) is 3.42. The highest BCUT2D eigenvalue weighted by Crippen LogP contribution is 2.28. The molecule has 0 aliphatic carbocycles. The van der Waals surface area contributed by atoms with E-state index in [-0.39, 0.29) is 0 Å². The van der Waals surface area contributed by atoms with Gasteiger partial charge in [-0.2, -0.15) is 0 Å². The first-order chi connectivity index (χ1) is 7.83. The molecule has 2 heteroatoms. The van der Waals surface area contributed by atoms with Gasteiger partial charge in [0, 0.05) is 23.5 Å². The number of hydrogen-bond acceptors (Lipinski definition) is 2. The van der Waals surface area contributed by atoms with Crippen LogP contribution in [-0.4, -0.2) is 12.1 Å². The highest BCUT2D eigenvalue weighted by Gasteiger charge is 2.07. The first-order valence-electron chi connectivity index (χ1n) is 5.05. The molecule has 2 rings (SSSR count). The van der Waals surface area contributed by atoms with Crippen molar-refractivity contribution in [2.45, 2.75) is 0 Å². The largest absolute Gasteiger partial charge is 0.496 e. The Hall–Kier alpha value is -2.09. The molecule has 0 spiro atoms. The minimum absolute atomic E-state index is 0.830. The number of benzene rings is 1. The van der Waals surface area contributed by atoms with Gasteiger partial charge in [-0.15, -0.1) is 0 Å². The van der Waals surface area contributed by atoms with Gasteiger partial charge in [-0.25, -0.2) is 0 Å². The SMILES string of the molecule is C=C(c1cccnc1)c1ccccc1OC. The van der Waals surface area contributed by atoms with Gasteiger partial charge in [0.2, 0.25) is 0 Å². The zero-order valence-corrected chi connectivity index (χ0v) is 9.18. The number of ether oxygens (including phenoxy) is 1. The van der Waals surface area contributed by atoms with Crippen molar-refractivity contribution in [3.63, 3.8) is 0 Å². The average Bonchev–Trinajstić information content (AvgIpc) is 2.39. The number of pyridine rings is 1. The van der Waals surface area contributed by atoms with E-state index in [0.717, 1.165) is 22.4 Å². The summed E-state index contributed by atoms with van der Waals surface area (Å²) < 4.78 is 5.31. The van der Waals surface area contributed by atoms with Crippen molar-refractivity contribution in [1.29, 1.82) is 0 Å². The van der Waals surface area contributed by atoms with E-state index in [4.69, 9.17) is 4.74 Å². The lowest BCUT2D eigenvalue weighted by molar-refractivity contribution is 0.413. The highest BCUT2D eigenvalue weighted by molar-refractivity contribution is 5.80. The number of methoxy groups -OCH3 is 1. The molecule has 0 bridgehead atoms. The van der Waals surface area contributed by atoms with Crippen LogP contribution in [0.3, 0.4) is 0 Å². The molecule has 0 saturated heterocycles. The fraction of sp³-hybridized carbons (Fsp3) is 0.0714. The second kappa shape index (κ2) is 4.62. The van der Waals surface area contributed by atoms with Crippen LogP contribution in [0.25, 0.3) is 5.57 Å². The summed E-state index contributed by atoms with van der Waals surface area (Å²) in [6, 6.07) is 11.7. The number of para-hydroxylation sites is 1. The summed E-state index contributed by atoms with van der Waals surface area (Å²) >= 11 is 0. The summed E-state index contributed by atoms with van der Waals surface area (Å²) in [6.45, 7) is 4.08. The van der Waals surface area contributed by atoms with E-state index in [1.54, 1.807) is 19.5 Å². The first-order valence-corrected chi connectivity index (χ1v) is 5.05. The van der Waals surface area contributed by atoms with Crippen molar-refractivity contribution >= 4 is 5.57 Å². The Morgan fingerprint density at radius 3 is 2.69 bits per heavy atom. The molecule has 0 amide bonds. The van der Waals surface area contributed by atoms with Crippen molar-refractivity contribution < 1.29 is 4.74 Å².